The van der Waals surface area contributed by atoms with Crippen molar-refractivity contribution in [2.24, 2.45) is 0 Å². The molecule has 0 unspecified atom stereocenters. The third-order valence-corrected chi connectivity index (χ3v) is 3.69. The van der Waals surface area contributed by atoms with Gasteiger partial charge in [-0.15, -0.1) is 0 Å². The van der Waals surface area contributed by atoms with Gasteiger partial charge < -0.3 is 10.1 Å². The SMILES string of the molecule is CCCOc1cccc(/C=C(/C#N)C(=O)Nc2cc(Cl)ccc2C)c1. The number of aryl methyl sites for hydroxylation is 1. The second kappa shape index (κ2) is 8.91. The van der Waals surface area contributed by atoms with Gasteiger partial charge in [0.1, 0.15) is 17.4 Å². The third kappa shape index (κ3) is 5.37. The highest BCUT2D eigenvalue weighted by Gasteiger charge is 2.11. The van der Waals surface area contributed by atoms with Crippen LogP contribution < -0.4 is 10.1 Å². The first-order valence-electron chi connectivity index (χ1n) is 7.95. The Kier molecular flexibility index (Phi) is 6.62. The van der Waals surface area contributed by atoms with Crippen molar-refractivity contribution in [2.75, 3.05) is 11.9 Å². The molecule has 2 aromatic carbocycles. The highest BCUT2D eigenvalue weighted by Crippen LogP contribution is 2.21. The van der Waals surface area contributed by atoms with E-state index in [2.05, 4.69) is 5.32 Å². The maximum Gasteiger partial charge on any atom is 0.266 e. The summed E-state index contributed by atoms with van der Waals surface area (Å²) in [5.41, 5.74) is 2.18. The lowest BCUT2D eigenvalue weighted by Gasteiger charge is -2.08. The third-order valence-electron chi connectivity index (χ3n) is 3.45. The molecule has 0 aliphatic heterocycles. The van der Waals surface area contributed by atoms with Gasteiger partial charge in [-0.25, -0.2) is 0 Å². The van der Waals surface area contributed by atoms with Gasteiger partial charge in [-0.1, -0.05) is 36.7 Å². The summed E-state index contributed by atoms with van der Waals surface area (Å²) in [5.74, 6) is 0.228. The zero-order valence-electron chi connectivity index (χ0n) is 14.2. The molecule has 128 valence electrons. The van der Waals surface area contributed by atoms with E-state index in [0.717, 1.165) is 17.5 Å². The molecular weight excluding hydrogens is 336 g/mol. The van der Waals surface area contributed by atoms with Gasteiger partial charge >= 0.3 is 0 Å². The first-order valence-corrected chi connectivity index (χ1v) is 8.33. The Labute approximate surface area is 152 Å². The standard InChI is InChI=1S/C20H19ClN2O2/c1-3-9-25-18-6-4-5-15(11-18)10-16(13-22)20(24)23-19-12-17(21)8-7-14(19)2/h4-8,10-12H,3,9H2,1-2H3,(H,23,24)/b16-10-. The Morgan fingerprint density at radius 3 is 2.84 bits per heavy atom. The van der Waals surface area contributed by atoms with Crippen molar-refractivity contribution in [1.29, 1.82) is 5.26 Å². The minimum Gasteiger partial charge on any atom is -0.494 e. The molecule has 0 saturated heterocycles. The lowest BCUT2D eigenvalue weighted by molar-refractivity contribution is -0.112. The molecule has 2 aromatic rings. The number of ether oxygens (including phenoxy) is 1. The van der Waals surface area contributed by atoms with Gasteiger partial charge in [0.2, 0.25) is 0 Å². The highest BCUT2D eigenvalue weighted by molar-refractivity contribution is 6.31. The molecule has 4 nitrogen and oxygen atoms in total. The maximum atomic E-state index is 12.4. The molecule has 25 heavy (non-hydrogen) atoms. The van der Waals surface area contributed by atoms with Crippen LogP contribution in [-0.2, 0) is 4.79 Å². The molecule has 0 radical (unpaired) electrons. The topological polar surface area (TPSA) is 62.1 Å². The lowest BCUT2D eigenvalue weighted by Crippen LogP contribution is -2.14. The van der Waals surface area contributed by atoms with Crippen LogP contribution >= 0.6 is 11.6 Å². The van der Waals surface area contributed by atoms with Crippen LogP contribution in [0.4, 0.5) is 5.69 Å². The summed E-state index contributed by atoms with van der Waals surface area (Å²) < 4.78 is 5.57. The smallest absolute Gasteiger partial charge is 0.266 e. The van der Waals surface area contributed by atoms with E-state index in [4.69, 9.17) is 16.3 Å². The number of benzene rings is 2. The van der Waals surface area contributed by atoms with Gasteiger partial charge in [0.15, 0.2) is 0 Å². The number of nitriles is 1. The monoisotopic (exact) mass is 354 g/mol. The average molecular weight is 355 g/mol. The van der Waals surface area contributed by atoms with Crippen molar-refractivity contribution < 1.29 is 9.53 Å². The van der Waals surface area contributed by atoms with Crippen LogP contribution in [0.25, 0.3) is 6.08 Å². The molecule has 0 aliphatic rings. The minimum absolute atomic E-state index is 0.00650. The fourth-order valence-corrected chi connectivity index (χ4v) is 2.32. The summed E-state index contributed by atoms with van der Waals surface area (Å²) in [5, 5.41) is 12.6. The Hall–Kier alpha value is -2.77. The minimum atomic E-state index is -0.479. The molecule has 0 aliphatic carbocycles. The first kappa shape index (κ1) is 18.6. The molecule has 0 atom stereocenters. The first-order chi connectivity index (χ1) is 12.0. The number of hydrogen-bond donors (Lipinski definition) is 1. The van der Waals surface area contributed by atoms with Crippen molar-refractivity contribution in [3.05, 3.63) is 64.2 Å². The highest BCUT2D eigenvalue weighted by atomic mass is 35.5. The number of anilines is 1. The molecule has 0 spiro atoms. The van der Waals surface area contributed by atoms with Crippen LogP contribution in [0.1, 0.15) is 24.5 Å². The Bertz CT molecular complexity index is 838. The van der Waals surface area contributed by atoms with Crippen molar-refractivity contribution in [2.45, 2.75) is 20.3 Å². The largest absolute Gasteiger partial charge is 0.494 e. The Morgan fingerprint density at radius 1 is 1.32 bits per heavy atom. The summed E-state index contributed by atoms with van der Waals surface area (Å²) >= 11 is 5.96. The summed E-state index contributed by atoms with van der Waals surface area (Å²) in [6, 6.07) is 14.4. The molecule has 0 fully saturated rings. The zero-order valence-corrected chi connectivity index (χ0v) is 14.9. The normalized spacial score (nSPS) is 10.9. The Balaban J connectivity index is 2.21. The zero-order chi connectivity index (χ0) is 18.2. The number of nitrogens with one attached hydrogen (secondary N) is 1. The number of hydrogen-bond acceptors (Lipinski definition) is 3. The van der Waals surface area contributed by atoms with E-state index in [0.29, 0.717) is 23.1 Å². The van der Waals surface area contributed by atoms with Gasteiger partial charge in [-0.05, 0) is 54.8 Å². The Morgan fingerprint density at radius 2 is 2.12 bits per heavy atom. The van der Waals surface area contributed by atoms with Crippen LogP contribution in [0, 0.1) is 18.3 Å². The van der Waals surface area contributed by atoms with Crippen LogP contribution in [0.2, 0.25) is 5.02 Å². The van der Waals surface area contributed by atoms with Crippen LogP contribution in [-0.4, -0.2) is 12.5 Å². The van der Waals surface area contributed by atoms with Crippen molar-refractivity contribution in [3.8, 4) is 11.8 Å². The molecule has 5 heteroatoms. The average Bonchev–Trinajstić information content (AvgIpc) is 2.61. The predicted octanol–water partition coefficient (Wildman–Crippen LogP) is 4.98. The number of halogens is 1. The number of amides is 1. The molecule has 2 rings (SSSR count). The van der Waals surface area contributed by atoms with Crippen LogP contribution in [0.3, 0.4) is 0 Å². The van der Waals surface area contributed by atoms with Crippen LogP contribution in [0.5, 0.6) is 5.75 Å². The molecule has 1 N–H and O–H groups in total. The van der Waals surface area contributed by atoms with Gasteiger partial charge in [0, 0.05) is 10.7 Å². The second-order valence-corrected chi connectivity index (χ2v) is 5.94. The number of nitrogens with zero attached hydrogens (tertiary/aromatic N) is 1. The fraction of sp³-hybridized carbons (Fsp3) is 0.200. The summed E-state index contributed by atoms with van der Waals surface area (Å²) in [4.78, 5) is 12.4. The number of rotatable bonds is 6. The van der Waals surface area contributed by atoms with Gasteiger partial charge in [-0.3, -0.25) is 4.79 Å². The molecule has 0 saturated carbocycles. The van der Waals surface area contributed by atoms with E-state index in [1.807, 2.05) is 44.2 Å². The molecule has 1 amide bonds. The van der Waals surface area contributed by atoms with Crippen molar-refractivity contribution in [1.82, 2.24) is 0 Å². The van der Waals surface area contributed by atoms with E-state index in [9.17, 15) is 10.1 Å². The summed E-state index contributed by atoms with van der Waals surface area (Å²) in [6.07, 6.45) is 2.44. The van der Waals surface area contributed by atoms with Gasteiger partial charge in [0.25, 0.3) is 5.91 Å². The molecule has 0 bridgehead atoms. The molecule has 0 aromatic heterocycles. The van der Waals surface area contributed by atoms with Gasteiger partial charge in [-0.2, -0.15) is 5.26 Å². The van der Waals surface area contributed by atoms with Crippen molar-refractivity contribution >= 4 is 29.3 Å². The fourth-order valence-electron chi connectivity index (χ4n) is 2.15. The number of carbonyl (C=O) groups is 1. The molecule has 0 heterocycles. The second-order valence-electron chi connectivity index (χ2n) is 5.50. The summed E-state index contributed by atoms with van der Waals surface area (Å²) in [6.45, 7) is 4.50. The van der Waals surface area contributed by atoms with Crippen LogP contribution in [0.15, 0.2) is 48.0 Å². The molecular formula is C20H19ClN2O2. The van der Waals surface area contributed by atoms with E-state index < -0.39 is 5.91 Å². The quantitative estimate of drug-likeness (QED) is 0.587. The summed E-state index contributed by atoms with van der Waals surface area (Å²) in [7, 11) is 0. The maximum absolute atomic E-state index is 12.4. The van der Waals surface area contributed by atoms with Gasteiger partial charge in [0.05, 0.1) is 6.61 Å². The van der Waals surface area contributed by atoms with E-state index in [-0.39, 0.29) is 5.57 Å². The number of carbonyl (C=O) groups excluding carboxylic acids is 1. The van der Waals surface area contributed by atoms with E-state index in [1.165, 1.54) is 6.08 Å². The van der Waals surface area contributed by atoms with E-state index >= 15 is 0 Å². The van der Waals surface area contributed by atoms with E-state index in [1.54, 1.807) is 18.2 Å². The lowest BCUT2D eigenvalue weighted by atomic mass is 10.1. The van der Waals surface area contributed by atoms with Crippen molar-refractivity contribution in [3.63, 3.8) is 0 Å². The predicted molar refractivity (Wildman–Crippen MR) is 101 cm³/mol.